The molecule has 2 rings (SSSR count). The molecule has 1 N–H and O–H groups in total. The van der Waals surface area contributed by atoms with Crippen LogP contribution in [0.15, 0.2) is 12.2 Å². The van der Waals surface area contributed by atoms with Crippen LogP contribution in [-0.4, -0.2) is 11.2 Å². The SMILES string of the molecule is C=C(C)[C@@H]1CC[C@@]2(C)[C@@H](O)CC[C@@H](C)[C@@H]2C1. The fraction of sp³-hybridized carbons (Fsp3) is 0.867. The van der Waals surface area contributed by atoms with Gasteiger partial charge in [0.15, 0.2) is 0 Å². The Bertz CT molecular complexity index is 283. The standard InChI is InChI=1S/C15H26O/c1-10(2)12-7-8-15(4)13(9-12)11(3)5-6-14(15)16/h11-14,16H,1,5-9H2,2-4H3/t11-,12-,13+,14+,15-/m1/s1. The summed E-state index contributed by atoms with van der Waals surface area (Å²) in [4.78, 5) is 0. The summed E-state index contributed by atoms with van der Waals surface area (Å²) in [6, 6.07) is 0. The summed E-state index contributed by atoms with van der Waals surface area (Å²) in [6.07, 6.45) is 5.80. The molecule has 0 radical (unpaired) electrons. The number of hydrogen-bond acceptors (Lipinski definition) is 1. The fourth-order valence-corrected chi connectivity index (χ4v) is 4.06. The molecule has 0 heterocycles. The molecule has 0 aliphatic heterocycles. The Hall–Kier alpha value is -0.300. The Labute approximate surface area is 99.9 Å². The summed E-state index contributed by atoms with van der Waals surface area (Å²) < 4.78 is 0. The molecule has 2 aliphatic carbocycles. The first-order valence-corrected chi connectivity index (χ1v) is 6.78. The van der Waals surface area contributed by atoms with Crippen LogP contribution in [0.5, 0.6) is 0 Å². The lowest BCUT2D eigenvalue weighted by atomic mass is 9.53. The normalized spacial score (nSPS) is 48.5. The lowest BCUT2D eigenvalue weighted by molar-refractivity contribution is -0.0957. The van der Waals surface area contributed by atoms with E-state index in [1.54, 1.807) is 0 Å². The smallest absolute Gasteiger partial charge is 0.0596 e. The van der Waals surface area contributed by atoms with Crippen LogP contribution in [0, 0.1) is 23.2 Å². The molecule has 1 heteroatoms. The van der Waals surface area contributed by atoms with Gasteiger partial charge in [0, 0.05) is 0 Å². The predicted octanol–water partition coefficient (Wildman–Crippen LogP) is 3.78. The van der Waals surface area contributed by atoms with E-state index in [9.17, 15) is 5.11 Å². The molecule has 16 heavy (non-hydrogen) atoms. The minimum atomic E-state index is -0.0697. The van der Waals surface area contributed by atoms with Crippen LogP contribution in [0.4, 0.5) is 0 Å². The van der Waals surface area contributed by atoms with Crippen molar-refractivity contribution >= 4 is 0 Å². The molecule has 2 saturated carbocycles. The van der Waals surface area contributed by atoms with Gasteiger partial charge in [0.05, 0.1) is 6.10 Å². The Morgan fingerprint density at radius 3 is 2.62 bits per heavy atom. The monoisotopic (exact) mass is 222 g/mol. The van der Waals surface area contributed by atoms with E-state index < -0.39 is 0 Å². The molecule has 0 aromatic rings. The second-order valence-corrected chi connectivity index (χ2v) is 6.50. The maximum atomic E-state index is 10.3. The first-order valence-electron chi connectivity index (χ1n) is 6.78. The fourth-order valence-electron chi connectivity index (χ4n) is 4.06. The van der Waals surface area contributed by atoms with E-state index in [1.807, 2.05) is 0 Å². The van der Waals surface area contributed by atoms with Crippen molar-refractivity contribution in [1.29, 1.82) is 0 Å². The van der Waals surface area contributed by atoms with E-state index in [1.165, 1.54) is 31.3 Å². The molecule has 0 amide bonds. The lowest BCUT2D eigenvalue weighted by Crippen LogP contribution is -2.49. The minimum Gasteiger partial charge on any atom is -0.393 e. The zero-order chi connectivity index (χ0) is 11.9. The third-order valence-corrected chi connectivity index (χ3v) is 5.46. The zero-order valence-corrected chi connectivity index (χ0v) is 11.0. The number of allylic oxidation sites excluding steroid dienone is 1. The molecule has 0 aromatic heterocycles. The van der Waals surface area contributed by atoms with Gasteiger partial charge < -0.3 is 5.11 Å². The number of rotatable bonds is 1. The molecule has 0 spiro atoms. The van der Waals surface area contributed by atoms with E-state index in [0.29, 0.717) is 11.8 Å². The van der Waals surface area contributed by atoms with Gasteiger partial charge in [-0.2, -0.15) is 0 Å². The number of aliphatic hydroxyl groups is 1. The van der Waals surface area contributed by atoms with Crippen molar-refractivity contribution in [3.8, 4) is 0 Å². The Morgan fingerprint density at radius 1 is 1.31 bits per heavy atom. The number of hydrogen-bond donors (Lipinski definition) is 1. The van der Waals surface area contributed by atoms with E-state index in [-0.39, 0.29) is 11.5 Å². The molecule has 0 unspecified atom stereocenters. The summed E-state index contributed by atoms with van der Waals surface area (Å²) in [6.45, 7) is 11.0. The van der Waals surface area contributed by atoms with Crippen molar-refractivity contribution in [3.05, 3.63) is 12.2 Å². The molecule has 1 nitrogen and oxygen atoms in total. The van der Waals surface area contributed by atoms with Gasteiger partial charge in [-0.25, -0.2) is 0 Å². The summed E-state index contributed by atoms with van der Waals surface area (Å²) in [5, 5.41) is 10.3. The van der Waals surface area contributed by atoms with Crippen LogP contribution in [0.1, 0.15) is 52.9 Å². The number of aliphatic hydroxyl groups excluding tert-OH is 1. The maximum absolute atomic E-state index is 10.3. The zero-order valence-electron chi connectivity index (χ0n) is 11.0. The highest BCUT2D eigenvalue weighted by Crippen LogP contribution is 2.54. The first kappa shape index (κ1) is 12.2. The minimum absolute atomic E-state index is 0.0697. The van der Waals surface area contributed by atoms with Crippen molar-refractivity contribution in [3.63, 3.8) is 0 Å². The molecule has 2 aliphatic rings. The van der Waals surface area contributed by atoms with Crippen molar-refractivity contribution in [2.45, 2.75) is 59.0 Å². The largest absolute Gasteiger partial charge is 0.393 e. The topological polar surface area (TPSA) is 20.2 Å². The third-order valence-electron chi connectivity index (χ3n) is 5.46. The molecule has 0 saturated heterocycles. The quantitative estimate of drug-likeness (QED) is 0.669. The van der Waals surface area contributed by atoms with Crippen LogP contribution < -0.4 is 0 Å². The van der Waals surface area contributed by atoms with Crippen molar-refractivity contribution in [1.82, 2.24) is 0 Å². The van der Waals surface area contributed by atoms with Crippen molar-refractivity contribution in [2.75, 3.05) is 0 Å². The van der Waals surface area contributed by atoms with Crippen molar-refractivity contribution < 1.29 is 5.11 Å². The summed E-state index contributed by atoms with van der Waals surface area (Å²) in [5.74, 6) is 2.17. The van der Waals surface area contributed by atoms with Gasteiger partial charge in [-0.15, -0.1) is 0 Å². The van der Waals surface area contributed by atoms with E-state index in [2.05, 4.69) is 27.4 Å². The second-order valence-electron chi connectivity index (χ2n) is 6.50. The Morgan fingerprint density at radius 2 is 2.00 bits per heavy atom. The van der Waals surface area contributed by atoms with Gasteiger partial charge in [0.2, 0.25) is 0 Å². The predicted molar refractivity (Wildman–Crippen MR) is 68.2 cm³/mol. The second kappa shape index (κ2) is 4.18. The molecule has 92 valence electrons. The molecule has 2 fully saturated rings. The molecular formula is C15H26O. The van der Waals surface area contributed by atoms with Crippen LogP contribution in [0.2, 0.25) is 0 Å². The summed E-state index contributed by atoms with van der Waals surface area (Å²) in [7, 11) is 0. The molecule has 0 aromatic carbocycles. The van der Waals surface area contributed by atoms with E-state index in [0.717, 1.165) is 12.3 Å². The summed E-state index contributed by atoms with van der Waals surface area (Å²) >= 11 is 0. The van der Waals surface area contributed by atoms with Gasteiger partial charge >= 0.3 is 0 Å². The van der Waals surface area contributed by atoms with Crippen LogP contribution in [-0.2, 0) is 0 Å². The van der Waals surface area contributed by atoms with Crippen molar-refractivity contribution in [2.24, 2.45) is 23.2 Å². The maximum Gasteiger partial charge on any atom is 0.0596 e. The molecule has 5 atom stereocenters. The first-order chi connectivity index (χ1) is 7.45. The third kappa shape index (κ3) is 1.84. The van der Waals surface area contributed by atoms with Gasteiger partial charge in [-0.3, -0.25) is 0 Å². The molecule has 0 bridgehead atoms. The van der Waals surface area contributed by atoms with Crippen LogP contribution in [0.3, 0.4) is 0 Å². The van der Waals surface area contributed by atoms with E-state index >= 15 is 0 Å². The average molecular weight is 222 g/mol. The Kier molecular flexibility index (Phi) is 3.18. The highest BCUT2D eigenvalue weighted by molar-refractivity contribution is 5.06. The van der Waals surface area contributed by atoms with E-state index in [4.69, 9.17) is 0 Å². The van der Waals surface area contributed by atoms with Crippen LogP contribution in [0.25, 0.3) is 0 Å². The lowest BCUT2D eigenvalue weighted by Gasteiger charge is -2.53. The van der Waals surface area contributed by atoms with Gasteiger partial charge in [0.1, 0.15) is 0 Å². The van der Waals surface area contributed by atoms with Gasteiger partial charge in [-0.1, -0.05) is 26.0 Å². The van der Waals surface area contributed by atoms with Gasteiger partial charge in [-0.05, 0) is 62.2 Å². The highest BCUT2D eigenvalue weighted by Gasteiger charge is 2.49. The van der Waals surface area contributed by atoms with Gasteiger partial charge in [0.25, 0.3) is 0 Å². The Balaban J connectivity index is 2.18. The highest BCUT2D eigenvalue weighted by atomic mass is 16.3. The van der Waals surface area contributed by atoms with Crippen LogP contribution >= 0.6 is 0 Å². The summed E-state index contributed by atoms with van der Waals surface area (Å²) in [5.41, 5.74) is 1.53. The number of fused-ring (bicyclic) bond motifs is 1. The average Bonchev–Trinajstić information content (AvgIpc) is 2.24. The molecular weight excluding hydrogens is 196 g/mol.